The molecule has 0 N–H and O–H groups in total. The zero-order chi connectivity index (χ0) is 17.5. The highest BCUT2D eigenvalue weighted by Gasteiger charge is 2.39. The van der Waals surface area contributed by atoms with Crippen LogP contribution >= 0.6 is 22.9 Å². The molecule has 1 fully saturated rings. The van der Waals surface area contributed by atoms with E-state index in [9.17, 15) is 21.6 Å². The first kappa shape index (κ1) is 17.7. The van der Waals surface area contributed by atoms with Gasteiger partial charge in [0.05, 0.1) is 16.6 Å². The molecule has 0 radical (unpaired) electrons. The Labute approximate surface area is 146 Å². The van der Waals surface area contributed by atoms with Crippen molar-refractivity contribution in [1.82, 2.24) is 4.31 Å². The fraction of sp³-hybridized carbons (Fsp3) is 0.333. The van der Waals surface area contributed by atoms with E-state index in [1.165, 1.54) is 15.6 Å². The SMILES string of the molecule is O=S(=O)(c1cc(C(F)(F)F)ccc1Cl)N1CCCC1c1cccs1. The number of halogens is 4. The molecule has 1 saturated heterocycles. The fourth-order valence-corrected chi connectivity index (χ4v) is 5.91. The summed E-state index contributed by atoms with van der Waals surface area (Å²) in [5, 5.41) is 1.63. The lowest BCUT2D eigenvalue weighted by Gasteiger charge is -2.24. The van der Waals surface area contributed by atoms with E-state index in [0.717, 1.165) is 17.0 Å². The monoisotopic (exact) mass is 395 g/mol. The minimum atomic E-state index is -4.63. The average Bonchev–Trinajstić information content (AvgIpc) is 3.17. The Morgan fingerprint density at radius 3 is 2.62 bits per heavy atom. The van der Waals surface area contributed by atoms with Crippen molar-refractivity contribution in [2.24, 2.45) is 0 Å². The maximum atomic E-state index is 12.9. The first-order valence-electron chi connectivity index (χ1n) is 7.13. The molecule has 0 spiro atoms. The van der Waals surface area contributed by atoms with Crippen LogP contribution in [-0.4, -0.2) is 19.3 Å². The number of benzene rings is 1. The van der Waals surface area contributed by atoms with Crippen molar-refractivity contribution in [3.63, 3.8) is 0 Å². The van der Waals surface area contributed by atoms with Crippen molar-refractivity contribution in [2.75, 3.05) is 6.54 Å². The van der Waals surface area contributed by atoms with E-state index in [2.05, 4.69) is 0 Å². The van der Waals surface area contributed by atoms with Gasteiger partial charge in [-0.25, -0.2) is 8.42 Å². The van der Waals surface area contributed by atoms with Crippen LogP contribution in [-0.2, 0) is 16.2 Å². The Balaban J connectivity index is 2.05. The lowest BCUT2D eigenvalue weighted by molar-refractivity contribution is -0.137. The molecular formula is C15H13ClF3NO2S2. The molecule has 3 rings (SSSR count). The minimum Gasteiger partial charge on any atom is -0.207 e. The van der Waals surface area contributed by atoms with Gasteiger partial charge >= 0.3 is 6.18 Å². The zero-order valence-electron chi connectivity index (χ0n) is 12.3. The summed E-state index contributed by atoms with van der Waals surface area (Å²) in [6.45, 7) is 0.261. The predicted molar refractivity (Wildman–Crippen MR) is 86.6 cm³/mol. The molecule has 1 aromatic carbocycles. The highest BCUT2D eigenvalue weighted by atomic mass is 35.5. The lowest BCUT2D eigenvalue weighted by atomic mass is 10.2. The summed E-state index contributed by atoms with van der Waals surface area (Å²) in [5.41, 5.74) is -1.03. The van der Waals surface area contributed by atoms with Gasteiger partial charge in [0.1, 0.15) is 4.90 Å². The summed E-state index contributed by atoms with van der Waals surface area (Å²) in [4.78, 5) is 0.377. The number of hydrogen-bond donors (Lipinski definition) is 0. The van der Waals surface area contributed by atoms with Gasteiger partial charge in [-0.1, -0.05) is 17.7 Å². The molecule has 9 heteroatoms. The van der Waals surface area contributed by atoms with Crippen LogP contribution in [0, 0.1) is 0 Å². The summed E-state index contributed by atoms with van der Waals surface area (Å²) >= 11 is 7.34. The largest absolute Gasteiger partial charge is 0.416 e. The Morgan fingerprint density at radius 2 is 2.00 bits per heavy atom. The van der Waals surface area contributed by atoms with Gasteiger partial charge in [-0.05, 0) is 42.5 Å². The number of thiophene rings is 1. The standard InChI is InChI=1S/C15H13ClF3NO2S2/c16-11-6-5-10(15(17,18)19)9-14(11)24(21,22)20-7-1-3-12(20)13-4-2-8-23-13/h2,4-6,8-9,12H,1,3,7H2. The molecule has 1 atom stereocenters. The third-order valence-electron chi connectivity index (χ3n) is 3.92. The molecule has 24 heavy (non-hydrogen) atoms. The van der Waals surface area contributed by atoms with Crippen LogP contribution in [0.5, 0.6) is 0 Å². The van der Waals surface area contributed by atoms with Crippen LogP contribution in [0.15, 0.2) is 40.6 Å². The average molecular weight is 396 g/mol. The molecule has 1 aromatic heterocycles. The summed E-state index contributed by atoms with van der Waals surface area (Å²) in [7, 11) is -4.12. The van der Waals surface area contributed by atoms with Crippen molar-refractivity contribution in [1.29, 1.82) is 0 Å². The summed E-state index contributed by atoms with van der Waals surface area (Å²) < 4.78 is 65.8. The van der Waals surface area contributed by atoms with E-state index < -0.39 is 26.7 Å². The van der Waals surface area contributed by atoms with Gasteiger partial charge in [-0.2, -0.15) is 17.5 Å². The molecule has 0 saturated carbocycles. The molecule has 2 aromatic rings. The topological polar surface area (TPSA) is 37.4 Å². The van der Waals surface area contributed by atoms with Crippen LogP contribution in [0.4, 0.5) is 13.2 Å². The van der Waals surface area contributed by atoms with E-state index in [4.69, 9.17) is 11.6 Å². The second-order valence-electron chi connectivity index (χ2n) is 5.43. The number of alkyl halides is 3. The minimum absolute atomic E-state index is 0.208. The van der Waals surface area contributed by atoms with Crippen LogP contribution < -0.4 is 0 Å². The molecule has 1 aliphatic rings. The van der Waals surface area contributed by atoms with Crippen LogP contribution in [0.3, 0.4) is 0 Å². The fourth-order valence-electron chi connectivity index (χ4n) is 2.80. The smallest absolute Gasteiger partial charge is 0.207 e. The molecule has 130 valence electrons. The van der Waals surface area contributed by atoms with Gasteiger partial charge in [0.25, 0.3) is 0 Å². The summed E-state index contributed by atoms with van der Waals surface area (Å²) in [6, 6.07) is 5.66. The van der Waals surface area contributed by atoms with Crippen LogP contribution in [0.25, 0.3) is 0 Å². The predicted octanol–water partition coefficient (Wildman–Crippen LogP) is 4.95. The quantitative estimate of drug-likeness (QED) is 0.737. The maximum absolute atomic E-state index is 12.9. The molecule has 1 aliphatic heterocycles. The molecule has 1 unspecified atom stereocenters. The van der Waals surface area contributed by atoms with E-state index >= 15 is 0 Å². The highest BCUT2D eigenvalue weighted by Crippen LogP contribution is 2.41. The Bertz CT molecular complexity index is 835. The first-order valence-corrected chi connectivity index (χ1v) is 9.83. The van der Waals surface area contributed by atoms with Crippen molar-refractivity contribution in [3.05, 3.63) is 51.2 Å². The molecule has 0 bridgehead atoms. The molecule has 0 aliphatic carbocycles. The molecule has 2 heterocycles. The Hall–Kier alpha value is -1.09. The highest BCUT2D eigenvalue weighted by molar-refractivity contribution is 7.89. The zero-order valence-corrected chi connectivity index (χ0v) is 14.6. The van der Waals surface area contributed by atoms with Crippen LogP contribution in [0.2, 0.25) is 5.02 Å². The Kier molecular flexibility index (Phi) is 4.67. The summed E-state index contributed by atoms with van der Waals surface area (Å²) in [6.07, 6.45) is -3.35. The van der Waals surface area contributed by atoms with Gasteiger partial charge in [-0.15, -0.1) is 11.3 Å². The van der Waals surface area contributed by atoms with Crippen molar-refractivity contribution in [2.45, 2.75) is 30.0 Å². The van der Waals surface area contributed by atoms with Gasteiger partial charge in [-0.3, -0.25) is 0 Å². The third-order valence-corrected chi connectivity index (χ3v) is 7.28. The van der Waals surface area contributed by atoms with Gasteiger partial charge in [0.15, 0.2) is 0 Å². The number of nitrogens with zero attached hydrogens (tertiary/aromatic N) is 1. The van der Waals surface area contributed by atoms with E-state index in [1.807, 2.05) is 17.5 Å². The maximum Gasteiger partial charge on any atom is 0.416 e. The van der Waals surface area contributed by atoms with Crippen LogP contribution in [0.1, 0.15) is 29.3 Å². The van der Waals surface area contributed by atoms with Gasteiger partial charge < -0.3 is 0 Å². The number of hydrogen-bond acceptors (Lipinski definition) is 3. The number of rotatable bonds is 3. The summed E-state index contributed by atoms with van der Waals surface area (Å²) in [5.74, 6) is 0. The van der Waals surface area contributed by atoms with Gasteiger partial charge in [0, 0.05) is 11.4 Å². The number of sulfonamides is 1. The molecule has 0 amide bonds. The first-order chi connectivity index (χ1) is 11.2. The van der Waals surface area contributed by atoms with E-state index in [0.29, 0.717) is 18.9 Å². The normalized spacial score (nSPS) is 19.8. The Morgan fingerprint density at radius 1 is 1.25 bits per heavy atom. The van der Waals surface area contributed by atoms with Crippen molar-refractivity contribution in [3.8, 4) is 0 Å². The lowest BCUT2D eigenvalue weighted by Crippen LogP contribution is -2.30. The third kappa shape index (κ3) is 3.20. The second kappa shape index (κ2) is 6.33. The second-order valence-corrected chi connectivity index (χ2v) is 8.68. The van der Waals surface area contributed by atoms with Gasteiger partial charge in [0.2, 0.25) is 10.0 Å². The molecular weight excluding hydrogens is 383 g/mol. The van der Waals surface area contributed by atoms with Crippen molar-refractivity contribution < 1.29 is 21.6 Å². The van der Waals surface area contributed by atoms with E-state index in [1.54, 1.807) is 0 Å². The molecule has 3 nitrogen and oxygen atoms in total. The van der Waals surface area contributed by atoms with Crippen molar-refractivity contribution >= 4 is 33.0 Å². The van der Waals surface area contributed by atoms with E-state index in [-0.39, 0.29) is 17.6 Å².